The fourth-order valence-electron chi connectivity index (χ4n) is 4.34. The molecule has 3 rings (SSSR count). The molecule has 0 aromatic heterocycles. The van der Waals surface area contributed by atoms with Gasteiger partial charge in [-0.2, -0.15) is 0 Å². The Kier molecular flexibility index (Phi) is 6.42. The number of ketones is 1. The van der Waals surface area contributed by atoms with E-state index in [-0.39, 0.29) is 5.78 Å². The number of hydrogen-bond donors (Lipinski definition) is 6. The maximum Gasteiger partial charge on any atom is 0.187 e. The summed E-state index contributed by atoms with van der Waals surface area (Å²) in [6.07, 6.45) is -9.04. The van der Waals surface area contributed by atoms with Gasteiger partial charge in [0.15, 0.2) is 12.1 Å². The van der Waals surface area contributed by atoms with Crippen LogP contribution in [0.5, 0.6) is 0 Å². The normalized spacial score (nSPS) is 35.6. The van der Waals surface area contributed by atoms with Crippen LogP contribution < -0.4 is 0 Å². The predicted molar refractivity (Wildman–Crippen MR) is 99.0 cm³/mol. The molecule has 9 heteroatoms. The molecule has 8 atom stereocenters. The first-order valence-corrected chi connectivity index (χ1v) is 9.57. The van der Waals surface area contributed by atoms with E-state index in [9.17, 15) is 35.4 Å². The van der Waals surface area contributed by atoms with Crippen molar-refractivity contribution >= 4 is 5.78 Å². The number of aliphatic hydroxyl groups excluding tert-OH is 6. The Bertz CT molecular complexity index is 778. The number of ether oxygens (including phenoxy) is 2. The Morgan fingerprint density at radius 2 is 1.79 bits per heavy atom. The topological polar surface area (TPSA) is 157 Å². The van der Waals surface area contributed by atoms with Gasteiger partial charge >= 0.3 is 0 Å². The highest BCUT2D eigenvalue weighted by Gasteiger charge is 2.48. The molecule has 2 aliphatic rings. The Morgan fingerprint density at radius 1 is 1.14 bits per heavy atom. The van der Waals surface area contributed by atoms with Crippen LogP contribution in [0.15, 0.2) is 6.07 Å². The summed E-state index contributed by atoms with van der Waals surface area (Å²) in [5.74, 6) is -0.838. The molecule has 1 aliphatic heterocycles. The number of rotatable bonds is 5. The van der Waals surface area contributed by atoms with E-state index in [1.165, 1.54) is 0 Å². The lowest BCUT2D eigenvalue weighted by atomic mass is 9.91. The zero-order valence-corrected chi connectivity index (χ0v) is 16.5. The molecule has 162 valence electrons. The van der Waals surface area contributed by atoms with Gasteiger partial charge in [-0.1, -0.05) is 13.0 Å². The van der Waals surface area contributed by atoms with Crippen LogP contribution in [0.4, 0.5) is 0 Å². The summed E-state index contributed by atoms with van der Waals surface area (Å²) < 4.78 is 11.3. The quantitative estimate of drug-likeness (QED) is 0.358. The maximum atomic E-state index is 12.9. The van der Waals surface area contributed by atoms with Gasteiger partial charge in [0.25, 0.3) is 0 Å². The van der Waals surface area contributed by atoms with Crippen molar-refractivity contribution in [1.29, 1.82) is 0 Å². The van der Waals surface area contributed by atoms with Crippen LogP contribution in [0.25, 0.3) is 0 Å². The molecule has 0 spiro atoms. The summed E-state index contributed by atoms with van der Waals surface area (Å²) in [5.41, 5.74) is 2.66. The summed E-state index contributed by atoms with van der Waals surface area (Å²) in [7, 11) is 0. The minimum absolute atomic E-state index is 0.210. The molecular formula is C20H28O9. The van der Waals surface area contributed by atoms with Gasteiger partial charge in [-0.15, -0.1) is 0 Å². The fraction of sp³-hybridized carbons (Fsp3) is 0.650. The van der Waals surface area contributed by atoms with Crippen LogP contribution in [-0.4, -0.2) is 80.3 Å². The number of hydrogen-bond acceptors (Lipinski definition) is 9. The molecule has 1 heterocycles. The first-order chi connectivity index (χ1) is 13.6. The number of aliphatic hydroxyl groups is 6. The highest BCUT2D eigenvalue weighted by Crippen LogP contribution is 2.44. The number of carbonyl (C=O) groups excluding carboxylic acids is 1. The molecule has 1 saturated heterocycles. The zero-order chi connectivity index (χ0) is 21.6. The Hall–Kier alpha value is -1.43. The molecule has 0 radical (unpaired) electrons. The summed E-state index contributed by atoms with van der Waals surface area (Å²) in [5, 5.41) is 58.9. The van der Waals surface area contributed by atoms with E-state index < -0.39 is 62.0 Å². The second-order valence-electron chi connectivity index (χ2n) is 7.80. The van der Waals surface area contributed by atoms with E-state index in [2.05, 4.69) is 0 Å². The minimum atomic E-state index is -1.58. The Labute approximate surface area is 168 Å². The predicted octanol–water partition coefficient (Wildman–Crippen LogP) is -0.981. The number of carbonyl (C=O) groups is 1. The monoisotopic (exact) mass is 412 g/mol. The average molecular weight is 412 g/mol. The van der Waals surface area contributed by atoms with Crippen LogP contribution in [0.2, 0.25) is 0 Å². The van der Waals surface area contributed by atoms with E-state index in [4.69, 9.17) is 9.47 Å². The van der Waals surface area contributed by atoms with Gasteiger partial charge in [0.2, 0.25) is 0 Å². The van der Waals surface area contributed by atoms with Gasteiger partial charge < -0.3 is 40.1 Å². The number of aryl methyl sites for hydroxylation is 1. The smallest absolute Gasteiger partial charge is 0.187 e. The molecule has 29 heavy (non-hydrogen) atoms. The van der Waals surface area contributed by atoms with Crippen molar-refractivity contribution in [1.82, 2.24) is 0 Å². The average Bonchev–Trinajstić information content (AvgIpc) is 2.92. The van der Waals surface area contributed by atoms with Crippen LogP contribution in [0.1, 0.15) is 51.7 Å². The molecule has 0 saturated carbocycles. The van der Waals surface area contributed by atoms with Gasteiger partial charge in [0, 0.05) is 5.56 Å². The third-order valence-electron chi connectivity index (χ3n) is 5.92. The molecule has 6 N–H and O–H groups in total. The van der Waals surface area contributed by atoms with Gasteiger partial charge in [-0.25, -0.2) is 0 Å². The molecule has 1 fully saturated rings. The van der Waals surface area contributed by atoms with Crippen molar-refractivity contribution in [2.75, 3.05) is 13.2 Å². The summed E-state index contributed by atoms with van der Waals surface area (Å²) in [6.45, 7) is 4.05. The zero-order valence-electron chi connectivity index (χ0n) is 16.5. The molecule has 1 aliphatic carbocycles. The number of benzene rings is 1. The van der Waals surface area contributed by atoms with E-state index in [1.54, 1.807) is 26.8 Å². The second kappa shape index (κ2) is 8.37. The van der Waals surface area contributed by atoms with Crippen LogP contribution in [0.3, 0.4) is 0 Å². The lowest BCUT2D eigenvalue weighted by Gasteiger charge is -2.41. The van der Waals surface area contributed by atoms with Crippen molar-refractivity contribution in [2.24, 2.45) is 5.92 Å². The van der Waals surface area contributed by atoms with Crippen LogP contribution >= 0.6 is 0 Å². The van der Waals surface area contributed by atoms with Gasteiger partial charge in [-0.3, -0.25) is 4.79 Å². The van der Waals surface area contributed by atoms with Crippen molar-refractivity contribution in [3.8, 4) is 0 Å². The first kappa shape index (κ1) is 22.3. The van der Waals surface area contributed by atoms with E-state index in [0.717, 1.165) is 0 Å². The lowest BCUT2D eigenvalue weighted by molar-refractivity contribution is -0.314. The fourth-order valence-corrected chi connectivity index (χ4v) is 4.34. The highest BCUT2D eigenvalue weighted by atomic mass is 16.7. The molecule has 9 nitrogen and oxygen atoms in total. The Morgan fingerprint density at radius 3 is 2.38 bits per heavy atom. The van der Waals surface area contributed by atoms with Gasteiger partial charge in [0.1, 0.15) is 30.5 Å². The van der Waals surface area contributed by atoms with Crippen molar-refractivity contribution in [2.45, 2.75) is 63.7 Å². The summed E-state index contributed by atoms with van der Waals surface area (Å²) >= 11 is 0. The summed E-state index contributed by atoms with van der Waals surface area (Å²) in [4.78, 5) is 12.9. The molecule has 0 bridgehead atoms. The molecule has 1 aromatic carbocycles. The van der Waals surface area contributed by atoms with Crippen molar-refractivity contribution < 1.29 is 44.9 Å². The van der Waals surface area contributed by atoms with E-state index in [1.807, 2.05) is 0 Å². The molecule has 1 aromatic rings. The number of fused-ring (bicyclic) bond motifs is 1. The Balaban J connectivity index is 1.96. The SMILES string of the molecule is Cc1cc2c(c(C)c1C(O)CO)C(=O)[C@@H](C)[C@@H]2O[C@@H]1O[C@H](CO)[C@@H](O)[C@H](O)[C@H]1O. The number of Topliss-reactive ketones (excluding diaryl/α,β-unsaturated/α-hetero) is 1. The minimum Gasteiger partial charge on any atom is -0.394 e. The molecule has 0 amide bonds. The van der Waals surface area contributed by atoms with E-state index >= 15 is 0 Å². The summed E-state index contributed by atoms with van der Waals surface area (Å²) in [6, 6.07) is 1.70. The third kappa shape index (κ3) is 3.62. The first-order valence-electron chi connectivity index (χ1n) is 9.57. The molecular weight excluding hydrogens is 384 g/mol. The van der Waals surface area contributed by atoms with Crippen molar-refractivity contribution in [3.63, 3.8) is 0 Å². The van der Waals surface area contributed by atoms with Crippen LogP contribution in [-0.2, 0) is 9.47 Å². The van der Waals surface area contributed by atoms with Crippen molar-refractivity contribution in [3.05, 3.63) is 33.9 Å². The molecule has 1 unspecified atom stereocenters. The van der Waals surface area contributed by atoms with Gasteiger partial charge in [-0.05, 0) is 36.1 Å². The van der Waals surface area contributed by atoms with Crippen LogP contribution in [0, 0.1) is 19.8 Å². The lowest BCUT2D eigenvalue weighted by Crippen LogP contribution is -2.59. The standard InChI is InChI=1S/C20H28O9/c1-7-4-10-14(8(2)13(7)11(23)5-21)15(24)9(3)19(10)29-20-18(27)17(26)16(25)12(6-22)28-20/h4,9,11-12,16-23,25-27H,5-6H2,1-3H3/t9-,11?,12-,16-,17+,18-,19+,20+/m1/s1. The maximum absolute atomic E-state index is 12.9. The second-order valence-corrected chi connectivity index (χ2v) is 7.80. The highest BCUT2D eigenvalue weighted by molar-refractivity contribution is 6.04. The largest absolute Gasteiger partial charge is 0.394 e. The van der Waals surface area contributed by atoms with E-state index in [0.29, 0.717) is 27.8 Å². The third-order valence-corrected chi connectivity index (χ3v) is 5.92. The van der Waals surface area contributed by atoms with Gasteiger partial charge in [0.05, 0.1) is 25.2 Å².